The first kappa shape index (κ1) is 15.9. The molecule has 7 heteroatoms. The maximum atomic E-state index is 6.22. The van der Waals surface area contributed by atoms with Crippen LogP contribution >= 0.6 is 23.2 Å². The molecule has 0 aliphatic carbocycles. The molecule has 0 aromatic carbocycles. The molecule has 2 N–H and O–H groups in total. The van der Waals surface area contributed by atoms with Gasteiger partial charge in [0.25, 0.3) is 0 Å². The number of rotatable bonds is 6. The van der Waals surface area contributed by atoms with Crippen LogP contribution in [0.1, 0.15) is 26.0 Å². The van der Waals surface area contributed by atoms with Crippen LogP contribution in [-0.2, 0) is 13.5 Å². The number of pyridine rings is 1. The number of hydrogen-bond acceptors (Lipinski definition) is 4. The van der Waals surface area contributed by atoms with Gasteiger partial charge in [0.15, 0.2) is 5.82 Å². The molecule has 2 aromatic rings. The number of hydrogen-bond donors (Lipinski definition) is 2. The van der Waals surface area contributed by atoms with Gasteiger partial charge in [-0.25, -0.2) is 4.98 Å². The van der Waals surface area contributed by atoms with Gasteiger partial charge in [0.2, 0.25) is 0 Å². The van der Waals surface area contributed by atoms with E-state index in [1.54, 1.807) is 10.7 Å². The smallest absolute Gasteiger partial charge is 0.151 e. The van der Waals surface area contributed by atoms with Crippen LogP contribution in [0.2, 0.25) is 10.0 Å². The predicted octanol–water partition coefficient (Wildman–Crippen LogP) is 4.25. The van der Waals surface area contributed by atoms with Gasteiger partial charge in [-0.05, 0) is 18.9 Å². The van der Waals surface area contributed by atoms with E-state index in [9.17, 15) is 0 Å². The Morgan fingerprint density at radius 3 is 2.57 bits per heavy atom. The number of aryl methyl sites for hydroxylation is 2. The van der Waals surface area contributed by atoms with Gasteiger partial charge < -0.3 is 10.6 Å². The first-order chi connectivity index (χ1) is 10.0. The van der Waals surface area contributed by atoms with E-state index in [1.165, 1.54) is 0 Å². The topological polar surface area (TPSA) is 54.8 Å². The summed E-state index contributed by atoms with van der Waals surface area (Å²) in [7, 11) is 1.88. The van der Waals surface area contributed by atoms with Crippen molar-refractivity contribution in [3.8, 4) is 0 Å². The molecule has 0 amide bonds. The maximum Gasteiger partial charge on any atom is 0.151 e. The molecule has 2 heterocycles. The van der Waals surface area contributed by atoms with E-state index in [-0.39, 0.29) is 0 Å². The zero-order valence-electron chi connectivity index (χ0n) is 12.4. The first-order valence-electron chi connectivity index (χ1n) is 6.94. The third kappa shape index (κ3) is 3.80. The van der Waals surface area contributed by atoms with Gasteiger partial charge in [0.05, 0.1) is 21.4 Å². The summed E-state index contributed by atoms with van der Waals surface area (Å²) in [6.45, 7) is 4.94. The van der Waals surface area contributed by atoms with Crippen LogP contribution in [0.5, 0.6) is 0 Å². The number of nitrogens with zero attached hydrogens (tertiary/aromatic N) is 3. The van der Waals surface area contributed by atoms with Crippen LogP contribution in [0.4, 0.5) is 17.3 Å². The number of anilines is 3. The second-order valence-electron chi connectivity index (χ2n) is 4.72. The molecule has 2 rings (SSSR count). The summed E-state index contributed by atoms with van der Waals surface area (Å²) in [5.41, 5.74) is 1.87. The second kappa shape index (κ2) is 7.00. The van der Waals surface area contributed by atoms with Gasteiger partial charge in [-0.1, -0.05) is 37.0 Å². The van der Waals surface area contributed by atoms with E-state index in [1.807, 2.05) is 13.2 Å². The quantitative estimate of drug-likeness (QED) is 0.832. The lowest BCUT2D eigenvalue weighted by atomic mass is 10.3. The summed E-state index contributed by atoms with van der Waals surface area (Å²) in [4.78, 5) is 4.47. The van der Waals surface area contributed by atoms with E-state index in [0.29, 0.717) is 21.7 Å². The molecule has 114 valence electrons. The maximum absolute atomic E-state index is 6.22. The molecule has 0 radical (unpaired) electrons. The molecule has 0 atom stereocenters. The van der Waals surface area contributed by atoms with E-state index in [0.717, 1.165) is 30.8 Å². The minimum absolute atomic E-state index is 0.480. The molecule has 0 saturated carbocycles. The third-order valence-electron chi connectivity index (χ3n) is 2.97. The monoisotopic (exact) mass is 327 g/mol. The lowest BCUT2D eigenvalue weighted by molar-refractivity contribution is 0.746. The van der Waals surface area contributed by atoms with E-state index >= 15 is 0 Å². The zero-order chi connectivity index (χ0) is 15.4. The average molecular weight is 328 g/mol. The van der Waals surface area contributed by atoms with Crippen LogP contribution in [0, 0.1) is 0 Å². The SMILES string of the molecule is CCCNc1nc(Nc2cn(C)nc2CC)c(Cl)cc1Cl. The van der Waals surface area contributed by atoms with Gasteiger partial charge in [0, 0.05) is 19.8 Å². The minimum Gasteiger partial charge on any atom is -0.369 e. The van der Waals surface area contributed by atoms with Crippen molar-refractivity contribution in [2.75, 3.05) is 17.2 Å². The molecule has 0 saturated heterocycles. The number of nitrogens with one attached hydrogen (secondary N) is 2. The summed E-state index contributed by atoms with van der Waals surface area (Å²) in [6.07, 6.45) is 3.73. The Morgan fingerprint density at radius 1 is 1.19 bits per heavy atom. The van der Waals surface area contributed by atoms with Crippen LogP contribution in [0.25, 0.3) is 0 Å². The molecule has 0 aliphatic rings. The van der Waals surface area contributed by atoms with Crippen molar-refractivity contribution >= 4 is 40.5 Å². The van der Waals surface area contributed by atoms with E-state index in [4.69, 9.17) is 23.2 Å². The fraction of sp³-hybridized carbons (Fsp3) is 0.429. The Balaban J connectivity index is 2.30. The standard InChI is InChI=1S/C14H19Cl2N5/c1-4-6-17-13-9(15)7-10(16)14(19-13)18-12-8-21(3)20-11(12)5-2/h7-8H,4-6H2,1-3H3,(H2,17,18,19). The molecule has 0 fully saturated rings. The lowest BCUT2D eigenvalue weighted by Gasteiger charge is -2.12. The van der Waals surface area contributed by atoms with Crippen LogP contribution in [-0.4, -0.2) is 21.3 Å². The van der Waals surface area contributed by atoms with Gasteiger partial charge in [-0.15, -0.1) is 0 Å². The van der Waals surface area contributed by atoms with Crippen molar-refractivity contribution in [1.82, 2.24) is 14.8 Å². The summed E-state index contributed by atoms with van der Waals surface area (Å²) in [5, 5.41) is 11.8. The summed E-state index contributed by atoms with van der Waals surface area (Å²) in [5.74, 6) is 1.20. The highest BCUT2D eigenvalue weighted by Gasteiger charge is 2.12. The average Bonchev–Trinajstić information content (AvgIpc) is 2.80. The Labute approximate surface area is 134 Å². The van der Waals surface area contributed by atoms with Crippen molar-refractivity contribution in [3.63, 3.8) is 0 Å². The highest BCUT2D eigenvalue weighted by molar-refractivity contribution is 6.37. The fourth-order valence-electron chi connectivity index (χ4n) is 1.95. The Kier molecular flexibility index (Phi) is 5.31. The lowest BCUT2D eigenvalue weighted by Crippen LogP contribution is -2.05. The molecule has 0 spiro atoms. The molecule has 0 aliphatic heterocycles. The Bertz CT molecular complexity index is 624. The summed E-state index contributed by atoms with van der Waals surface area (Å²) >= 11 is 12.4. The van der Waals surface area contributed by atoms with Gasteiger partial charge in [-0.3, -0.25) is 4.68 Å². The normalized spacial score (nSPS) is 10.7. The predicted molar refractivity (Wildman–Crippen MR) is 88.9 cm³/mol. The second-order valence-corrected chi connectivity index (χ2v) is 5.53. The highest BCUT2D eigenvalue weighted by atomic mass is 35.5. The van der Waals surface area contributed by atoms with Gasteiger partial charge in [0.1, 0.15) is 5.82 Å². The molecule has 5 nitrogen and oxygen atoms in total. The minimum atomic E-state index is 0.480. The van der Waals surface area contributed by atoms with Crippen molar-refractivity contribution in [2.45, 2.75) is 26.7 Å². The third-order valence-corrected chi connectivity index (χ3v) is 3.54. The van der Waals surface area contributed by atoms with Crippen molar-refractivity contribution in [1.29, 1.82) is 0 Å². The highest BCUT2D eigenvalue weighted by Crippen LogP contribution is 2.31. The molecule has 0 unspecified atom stereocenters. The van der Waals surface area contributed by atoms with Crippen molar-refractivity contribution < 1.29 is 0 Å². The molecule has 2 aromatic heterocycles. The number of aromatic nitrogens is 3. The van der Waals surface area contributed by atoms with Crippen LogP contribution in [0.3, 0.4) is 0 Å². The molecular weight excluding hydrogens is 309 g/mol. The zero-order valence-corrected chi connectivity index (χ0v) is 13.9. The largest absolute Gasteiger partial charge is 0.369 e. The Morgan fingerprint density at radius 2 is 1.90 bits per heavy atom. The molecule has 0 bridgehead atoms. The van der Waals surface area contributed by atoms with E-state index < -0.39 is 0 Å². The van der Waals surface area contributed by atoms with E-state index in [2.05, 4.69) is 34.6 Å². The van der Waals surface area contributed by atoms with Crippen molar-refractivity contribution in [3.05, 3.63) is 28.0 Å². The van der Waals surface area contributed by atoms with Gasteiger partial charge >= 0.3 is 0 Å². The summed E-state index contributed by atoms with van der Waals surface area (Å²) < 4.78 is 1.77. The van der Waals surface area contributed by atoms with Gasteiger partial charge in [-0.2, -0.15) is 5.10 Å². The van der Waals surface area contributed by atoms with Crippen LogP contribution in [0.15, 0.2) is 12.3 Å². The molecule has 21 heavy (non-hydrogen) atoms. The van der Waals surface area contributed by atoms with Crippen LogP contribution < -0.4 is 10.6 Å². The summed E-state index contributed by atoms with van der Waals surface area (Å²) in [6, 6.07) is 1.69. The first-order valence-corrected chi connectivity index (χ1v) is 7.70. The van der Waals surface area contributed by atoms with Crippen molar-refractivity contribution in [2.24, 2.45) is 7.05 Å². The fourth-order valence-corrected chi connectivity index (χ4v) is 2.42. The Hall–Kier alpha value is -1.46. The molecular formula is C14H19Cl2N5. The number of halogens is 2.